The Morgan fingerprint density at radius 3 is 2.30 bits per heavy atom. The lowest BCUT2D eigenvalue weighted by Gasteiger charge is -2.27. The first-order chi connectivity index (χ1) is 10.8. The van der Waals surface area contributed by atoms with Crippen molar-refractivity contribution < 1.29 is 4.79 Å². The fourth-order valence-corrected chi connectivity index (χ4v) is 3.34. The van der Waals surface area contributed by atoms with Gasteiger partial charge in [-0.2, -0.15) is 0 Å². The molecular weight excluding hydrogens is 328 g/mol. The quantitative estimate of drug-likeness (QED) is 0.859. The van der Waals surface area contributed by atoms with Crippen LogP contribution in [0.1, 0.15) is 15.9 Å². The van der Waals surface area contributed by atoms with E-state index in [-0.39, 0.29) is 18.3 Å². The van der Waals surface area contributed by atoms with Crippen LogP contribution in [0.3, 0.4) is 0 Å². The van der Waals surface area contributed by atoms with E-state index < -0.39 is 0 Å². The summed E-state index contributed by atoms with van der Waals surface area (Å²) in [5.74, 6) is 1.09. The second kappa shape index (κ2) is 8.96. The maximum Gasteiger partial charge on any atom is 0.253 e. The monoisotopic (exact) mass is 348 g/mol. The van der Waals surface area contributed by atoms with Crippen molar-refractivity contribution in [3.8, 4) is 0 Å². The van der Waals surface area contributed by atoms with Crippen molar-refractivity contribution in [3.05, 3.63) is 65.7 Å². The van der Waals surface area contributed by atoms with Crippen LogP contribution in [0.4, 0.5) is 0 Å². The van der Waals surface area contributed by atoms with Gasteiger partial charge in [-0.25, -0.2) is 0 Å². The number of hydrogen-bond acceptors (Lipinski definition) is 3. The van der Waals surface area contributed by atoms with Crippen molar-refractivity contribution in [2.24, 2.45) is 0 Å². The number of rotatable bonds is 4. The molecule has 1 amide bonds. The number of hydrogen-bond donors (Lipinski definition) is 1. The minimum atomic E-state index is 0. The van der Waals surface area contributed by atoms with Crippen LogP contribution >= 0.6 is 24.2 Å². The molecule has 0 aliphatic carbocycles. The molecule has 23 heavy (non-hydrogen) atoms. The Hall–Kier alpha value is -1.49. The van der Waals surface area contributed by atoms with Gasteiger partial charge in [-0.3, -0.25) is 4.79 Å². The second-order valence-electron chi connectivity index (χ2n) is 5.34. The normalized spacial score (nSPS) is 14.2. The molecule has 0 spiro atoms. The standard InChI is InChI=1S/C18H20N2OS.ClH/c21-18(20-12-10-19-11-13-20)16-6-8-17(9-7-16)22-14-15-4-2-1-3-5-15;/h1-9,19H,10-14H2;1H. The third-order valence-corrected chi connectivity index (χ3v) is 4.84. The molecule has 0 radical (unpaired) electrons. The highest BCUT2D eigenvalue weighted by Gasteiger charge is 2.17. The molecule has 0 bridgehead atoms. The van der Waals surface area contributed by atoms with Crippen LogP contribution in [0.25, 0.3) is 0 Å². The van der Waals surface area contributed by atoms with Crippen LogP contribution in [0.5, 0.6) is 0 Å². The summed E-state index contributed by atoms with van der Waals surface area (Å²) < 4.78 is 0. The van der Waals surface area contributed by atoms with Crippen molar-refractivity contribution in [1.29, 1.82) is 0 Å². The Bertz CT molecular complexity index is 613. The molecule has 122 valence electrons. The number of thioether (sulfide) groups is 1. The van der Waals surface area contributed by atoms with Gasteiger partial charge in [0.05, 0.1) is 0 Å². The summed E-state index contributed by atoms with van der Waals surface area (Å²) in [7, 11) is 0. The van der Waals surface area contributed by atoms with Crippen LogP contribution in [-0.4, -0.2) is 37.0 Å². The molecule has 1 N–H and O–H groups in total. The molecule has 1 heterocycles. The summed E-state index contributed by atoms with van der Waals surface area (Å²) in [6, 6.07) is 18.4. The molecular formula is C18H21ClN2OS. The third kappa shape index (κ3) is 4.99. The molecule has 1 aliphatic heterocycles. The first kappa shape index (κ1) is 17.9. The summed E-state index contributed by atoms with van der Waals surface area (Å²) >= 11 is 1.79. The van der Waals surface area contributed by atoms with Gasteiger partial charge in [0.2, 0.25) is 0 Å². The van der Waals surface area contributed by atoms with E-state index in [9.17, 15) is 4.79 Å². The van der Waals surface area contributed by atoms with Gasteiger partial charge in [-0.05, 0) is 29.8 Å². The SMILES string of the molecule is Cl.O=C(c1ccc(SCc2ccccc2)cc1)N1CCNCC1. The predicted molar refractivity (Wildman–Crippen MR) is 98.5 cm³/mol. The Morgan fingerprint density at radius 1 is 1.00 bits per heavy atom. The van der Waals surface area contributed by atoms with E-state index in [1.54, 1.807) is 11.8 Å². The molecule has 1 fully saturated rings. The van der Waals surface area contributed by atoms with Crippen molar-refractivity contribution in [2.45, 2.75) is 10.6 Å². The number of amides is 1. The molecule has 2 aromatic rings. The first-order valence-corrected chi connectivity index (χ1v) is 8.58. The van der Waals surface area contributed by atoms with Crippen LogP contribution < -0.4 is 5.32 Å². The van der Waals surface area contributed by atoms with Gasteiger partial charge in [0.25, 0.3) is 5.91 Å². The molecule has 1 saturated heterocycles. The number of nitrogens with one attached hydrogen (secondary N) is 1. The largest absolute Gasteiger partial charge is 0.336 e. The Morgan fingerprint density at radius 2 is 1.65 bits per heavy atom. The van der Waals surface area contributed by atoms with E-state index in [2.05, 4.69) is 29.6 Å². The first-order valence-electron chi connectivity index (χ1n) is 7.60. The van der Waals surface area contributed by atoms with Gasteiger partial charge in [0, 0.05) is 42.4 Å². The van der Waals surface area contributed by atoms with E-state index in [1.807, 2.05) is 35.2 Å². The zero-order chi connectivity index (χ0) is 15.2. The smallest absolute Gasteiger partial charge is 0.253 e. The fourth-order valence-electron chi connectivity index (χ4n) is 2.49. The van der Waals surface area contributed by atoms with Gasteiger partial charge < -0.3 is 10.2 Å². The lowest BCUT2D eigenvalue weighted by atomic mass is 10.2. The van der Waals surface area contributed by atoms with Gasteiger partial charge >= 0.3 is 0 Å². The zero-order valence-electron chi connectivity index (χ0n) is 12.9. The number of halogens is 1. The molecule has 1 aliphatic rings. The average molecular weight is 349 g/mol. The average Bonchev–Trinajstić information content (AvgIpc) is 2.61. The second-order valence-corrected chi connectivity index (χ2v) is 6.39. The molecule has 2 aromatic carbocycles. The lowest BCUT2D eigenvalue weighted by Crippen LogP contribution is -2.46. The van der Waals surface area contributed by atoms with E-state index in [4.69, 9.17) is 0 Å². The Balaban J connectivity index is 0.00000192. The predicted octanol–water partition coefficient (Wildman–Crippen LogP) is 3.45. The summed E-state index contributed by atoms with van der Waals surface area (Å²) in [5, 5.41) is 3.27. The maximum absolute atomic E-state index is 12.4. The minimum Gasteiger partial charge on any atom is -0.336 e. The number of nitrogens with zero attached hydrogens (tertiary/aromatic N) is 1. The van der Waals surface area contributed by atoms with Gasteiger partial charge in [0.1, 0.15) is 0 Å². The van der Waals surface area contributed by atoms with Gasteiger partial charge in [-0.1, -0.05) is 30.3 Å². The molecule has 5 heteroatoms. The van der Waals surface area contributed by atoms with Gasteiger partial charge in [-0.15, -0.1) is 24.2 Å². The molecule has 3 rings (SSSR count). The maximum atomic E-state index is 12.4. The Kier molecular flexibility index (Phi) is 6.96. The van der Waals surface area contributed by atoms with E-state index in [0.717, 1.165) is 37.5 Å². The van der Waals surface area contributed by atoms with Crippen LogP contribution in [0.2, 0.25) is 0 Å². The van der Waals surface area contributed by atoms with Crippen LogP contribution in [0.15, 0.2) is 59.5 Å². The van der Waals surface area contributed by atoms with Crippen molar-refractivity contribution in [1.82, 2.24) is 10.2 Å². The summed E-state index contributed by atoms with van der Waals surface area (Å²) in [6.07, 6.45) is 0. The van der Waals surface area contributed by atoms with Crippen LogP contribution in [-0.2, 0) is 5.75 Å². The third-order valence-electron chi connectivity index (χ3n) is 3.75. The zero-order valence-corrected chi connectivity index (χ0v) is 14.5. The van der Waals surface area contributed by atoms with E-state index >= 15 is 0 Å². The summed E-state index contributed by atoms with van der Waals surface area (Å²) in [4.78, 5) is 15.5. The van der Waals surface area contributed by atoms with Gasteiger partial charge in [0.15, 0.2) is 0 Å². The highest BCUT2D eigenvalue weighted by molar-refractivity contribution is 7.98. The summed E-state index contributed by atoms with van der Waals surface area (Å²) in [5.41, 5.74) is 2.10. The highest BCUT2D eigenvalue weighted by atomic mass is 35.5. The van der Waals surface area contributed by atoms with Crippen molar-refractivity contribution >= 4 is 30.1 Å². The highest BCUT2D eigenvalue weighted by Crippen LogP contribution is 2.23. The summed E-state index contributed by atoms with van der Waals surface area (Å²) in [6.45, 7) is 3.36. The van der Waals surface area contributed by atoms with Crippen molar-refractivity contribution in [2.75, 3.05) is 26.2 Å². The Labute approximate surface area is 147 Å². The van der Waals surface area contributed by atoms with Crippen molar-refractivity contribution in [3.63, 3.8) is 0 Å². The molecule has 0 atom stereocenters. The number of carbonyl (C=O) groups excluding carboxylic acids is 1. The number of benzene rings is 2. The fraction of sp³-hybridized carbons (Fsp3) is 0.278. The molecule has 0 unspecified atom stereocenters. The van der Waals surface area contributed by atoms with E-state index in [1.165, 1.54) is 10.5 Å². The molecule has 3 nitrogen and oxygen atoms in total. The minimum absolute atomic E-state index is 0. The topological polar surface area (TPSA) is 32.3 Å². The van der Waals surface area contributed by atoms with Crippen LogP contribution in [0, 0.1) is 0 Å². The van der Waals surface area contributed by atoms with E-state index in [0.29, 0.717) is 0 Å². The number of piperazine rings is 1. The lowest BCUT2D eigenvalue weighted by molar-refractivity contribution is 0.0736. The number of carbonyl (C=O) groups is 1. The molecule has 0 aromatic heterocycles. The molecule has 0 saturated carbocycles.